The molecule has 0 saturated carbocycles. The molecule has 0 atom stereocenters. The second-order valence-electron chi connectivity index (χ2n) is 7.43. The van der Waals surface area contributed by atoms with E-state index >= 15 is 0 Å². The molecule has 154 valence electrons. The van der Waals surface area contributed by atoms with Gasteiger partial charge in [-0.2, -0.15) is 11.8 Å². The molecular weight excluding hydrogens is 384 g/mol. The van der Waals surface area contributed by atoms with E-state index in [4.69, 9.17) is 4.42 Å². The minimum atomic E-state index is -0.0627. The van der Waals surface area contributed by atoms with Gasteiger partial charge in [0.2, 0.25) is 0 Å². The molecule has 0 amide bonds. The zero-order chi connectivity index (χ0) is 20.6. The van der Waals surface area contributed by atoms with Crippen molar-refractivity contribution in [2.75, 3.05) is 19.8 Å². The molecule has 0 radical (unpaired) electrons. The van der Waals surface area contributed by atoms with Crippen LogP contribution < -0.4 is 5.56 Å². The van der Waals surface area contributed by atoms with Crippen molar-refractivity contribution in [3.05, 3.63) is 81.2 Å². The van der Waals surface area contributed by atoms with E-state index in [0.717, 1.165) is 59.5 Å². The molecule has 3 heterocycles. The summed E-state index contributed by atoms with van der Waals surface area (Å²) in [6, 6.07) is 8.04. The number of H-pyrrole nitrogens is 1. The number of rotatable bonds is 10. The number of aromatic amines is 1. The fraction of sp³-hybridized carbons (Fsp3) is 0.409. The molecule has 3 rings (SSSR count). The molecule has 3 aromatic heterocycles. The smallest absolute Gasteiger partial charge is 0.254 e. The van der Waals surface area contributed by atoms with Crippen molar-refractivity contribution >= 4 is 11.8 Å². The standard InChI is InChI=1S/C22H28N4O2S/c1-16-6-7-17(12-23-16)11-18-13-24-21(25-22(18)27)5-4-10-29-15-20-9-8-19(28-20)14-26(2)3/h6-9,12-13H,4-5,10-11,14-15H2,1-3H3,(H,24,25,27). The molecule has 3 aromatic rings. The van der Waals surface area contributed by atoms with Crippen LogP contribution in [0.2, 0.25) is 0 Å². The number of pyridine rings is 1. The van der Waals surface area contributed by atoms with Crippen LogP contribution in [0.4, 0.5) is 0 Å². The topological polar surface area (TPSA) is 75.0 Å². The van der Waals surface area contributed by atoms with Gasteiger partial charge in [0.25, 0.3) is 5.56 Å². The fourth-order valence-corrected chi connectivity index (χ4v) is 3.79. The molecule has 0 spiro atoms. The second kappa shape index (κ2) is 10.4. The maximum Gasteiger partial charge on any atom is 0.254 e. The highest BCUT2D eigenvalue weighted by Crippen LogP contribution is 2.17. The van der Waals surface area contributed by atoms with E-state index in [9.17, 15) is 4.79 Å². The van der Waals surface area contributed by atoms with E-state index in [0.29, 0.717) is 12.0 Å². The van der Waals surface area contributed by atoms with Gasteiger partial charge < -0.3 is 14.3 Å². The average molecular weight is 413 g/mol. The lowest BCUT2D eigenvalue weighted by molar-refractivity contribution is 0.344. The summed E-state index contributed by atoms with van der Waals surface area (Å²) in [6.45, 7) is 2.77. The van der Waals surface area contributed by atoms with Crippen molar-refractivity contribution in [3.8, 4) is 0 Å². The average Bonchev–Trinajstić information content (AvgIpc) is 3.12. The summed E-state index contributed by atoms with van der Waals surface area (Å²) < 4.78 is 5.82. The van der Waals surface area contributed by atoms with Crippen LogP contribution in [0.15, 0.2) is 45.9 Å². The first-order chi connectivity index (χ1) is 14.0. The number of nitrogens with zero attached hydrogens (tertiary/aromatic N) is 3. The highest BCUT2D eigenvalue weighted by Gasteiger charge is 2.06. The van der Waals surface area contributed by atoms with Crippen molar-refractivity contribution in [1.82, 2.24) is 19.9 Å². The highest BCUT2D eigenvalue weighted by molar-refractivity contribution is 7.98. The number of aromatic nitrogens is 3. The van der Waals surface area contributed by atoms with E-state index in [2.05, 4.69) is 19.9 Å². The van der Waals surface area contributed by atoms with Gasteiger partial charge in [-0.15, -0.1) is 0 Å². The summed E-state index contributed by atoms with van der Waals surface area (Å²) in [6.07, 6.45) is 5.77. The summed E-state index contributed by atoms with van der Waals surface area (Å²) >= 11 is 1.83. The van der Waals surface area contributed by atoms with Gasteiger partial charge in [0, 0.05) is 36.5 Å². The first kappa shape index (κ1) is 21.3. The van der Waals surface area contributed by atoms with Crippen molar-refractivity contribution < 1.29 is 4.42 Å². The lowest BCUT2D eigenvalue weighted by Crippen LogP contribution is -2.16. The van der Waals surface area contributed by atoms with Gasteiger partial charge in [0.05, 0.1) is 12.3 Å². The van der Waals surface area contributed by atoms with Crippen LogP contribution in [0.25, 0.3) is 0 Å². The van der Waals surface area contributed by atoms with E-state index in [-0.39, 0.29) is 5.56 Å². The van der Waals surface area contributed by atoms with Crippen LogP contribution in [0, 0.1) is 6.92 Å². The van der Waals surface area contributed by atoms with Crippen molar-refractivity contribution in [2.45, 2.75) is 38.5 Å². The Balaban J connectivity index is 1.41. The Morgan fingerprint density at radius 2 is 1.93 bits per heavy atom. The van der Waals surface area contributed by atoms with Gasteiger partial charge in [-0.05, 0) is 57.0 Å². The lowest BCUT2D eigenvalue weighted by Gasteiger charge is -2.06. The molecule has 0 bridgehead atoms. The van der Waals surface area contributed by atoms with Gasteiger partial charge in [0.15, 0.2) is 0 Å². The van der Waals surface area contributed by atoms with Gasteiger partial charge in [-0.1, -0.05) is 6.07 Å². The quantitative estimate of drug-likeness (QED) is 0.513. The van der Waals surface area contributed by atoms with Crippen LogP contribution >= 0.6 is 11.8 Å². The molecular formula is C22H28N4O2S. The molecule has 1 N–H and O–H groups in total. The third-order valence-corrected chi connectivity index (χ3v) is 5.49. The van der Waals surface area contributed by atoms with E-state index < -0.39 is 0 Å². The Labute approximate surface area is 175 Å². The fourth-order valence-electron chi connectivity index (χ4n) is 2.94. The number of thioether (sulfide) groups is 1. The van der Waals surface area contributed by atoms with Crippen LogP contribution in [0.3, 0.4) is 0 Å². The van der Waals surface area contributed by atoms with E-state index in [1.54, 1.807) is 6.20 Å². The first-order valence-electron chi connectivity index (χ1n) is 9.78. The molecule has 0 saturated heterocycles. The normalized spacial score (nSPS) is 11.3. The Kier molecular flexibility index (Phi) is 7.66. The first-order valence-corrected chi connectivity index (χ1v) is 10.9. The van der Waals surface area contributed by atoms with Gasteiger partial charge in [0.1, 0.15) is 17.3 Å². The lowest BCUT2D eigenvalue weighted by atomic mass is 10.1. The largest absolute Gasteiger partial charge is 0.464 e. The van der Waals surface area contributed by atoms with Crippen LogP contribution in [0.5, 0.6) is 0 Å². The van der Waals surface area contributed by atoms with Crippen LogP contribution in [-0.2, 0) is 25.1 Å². The summed E-state index contributed by atoms with van der Waals surface area (Å²) in [5.74, 6) is 4.60. The molecule has 0 aromatic carbocycles. The summed E-state index contributed by atoms with van der Waals surface area (Å²) in [4.78, 5) is 26.0. The van der Waals surface area contributed by atoms with Gasteiger partial charge in [-0.25, -0.2) is 4.98 Å². The third kappa shape index (κ3) is 6.87. The molecule has 29 heavy (non-hydrogen) atoms. The molecule has 0 unspecified atom stereocenters. The maximum absolute atomic E-state index is 12.3. The van der Waals surface area contributed by atoms with Crippen molar-refractivity contribution in [1.29, 1.82) is 0 Å². The summed E-state index contributed by atoms with van der Waals surface area (Å²) in [5, 5.41) is 0. The molecule has 0 aliphatic rings. The Bertz CT molecular complexity index is 963. The molecule has 0 aliphatic carbocycles. The number of hydrogen-bond acceptors (Lipinski definition) is 6. The Hall–Kier alpha value is -2.38. The zero-order valence-corrected chi connectivity index (χ0v) is 18.1. The minimum absolute atomic E-state index is 0.0627. The monoisotopic (exact) mass is 412 g/mol. The van der Waals surface area contributed by atoms with Gasteiger partial charge >= 0.3 is 0 Å². The number of furan rings is 1. The number of aryl methyl sites for hydroxylation is 2. The van der Waals surface area contributed by atoms with Gasteiger partial charge in [-0.3, -0.25) is 9.78 Å². The van der Waals surface area contributed by atoms with E-state index in [1.807, 2.05) is 63.2 Å². The third-order valence-electron chi connectivity index (χ3n) is 4.43. The molecule has 6 nitrogen and oxygen atoms in total. The minimum Gasteiger partial charge on any atom is -0.464 e. The van der Waals surface area contributed by atoms with Crippen LogP contribution in [-0.4, -0.2) is 39.7 Å². The summed E-state index contributed by atoms with van der Waals surface area (Å²) in [7, 11) is 4.06. The van der Waals surface area contributed by atoms with Crippen LogP contribution in [0.1, 0.15) is 40.6 Å². The maximum atomic E-state index is 12.3. The SMILES string of the molecule is Cc1ccc(Cc2cnc(CCCSCc3ccc(CN(C)C)o3)[nH]c2=O)cn1. The Morgan fingerprint density at radius 3 is 2.66 bits per heavy atom. The predicted octanol–water partition coefficient (Wildman–Crippen LogP) is 3.58. The molecule has 0 fully saturated rings. The zero-order valence-electron chi connectivity index (χ0n) is 17.3. The molecule has 7 heteroatoms. The summed E-state index contributed by atoms with van der Waals surface area (Å²) in [5.41, 5.74) is 2.58. The van der Waals surface area contributed by atoms with Crippen molar-refractivity contribution in [2.24, 2.45) is 0 Å². The molecule has 0 aliphatic heterocycles. The predicted molar refractivity (Wildman–Crippen MR) is 117 cm³/mol. The number of hydrogen-bond donors (Lipinski definition) is 1. The van der Waals surface area contributed by atoms with E-state index in [1.165, 1.54) is 0 Å². The van der Waals surface area contributed by atoms with Crippen molar-refractivity contribution in [3.63, 3.8) is 0 Å². The second-order valence-corrected chi connectivity index (χ2v) is 8.54. The number of nitrogens with one attached hydrogen (secondary N) is 1. The highest BCUT2D eigenvalue weighted by atomic mass is 32.2. The Morgan fingerprint density at radius 1 is 1.10 bits per heavy atom.